The molecule has 1 aliphatic heterocycles. The largest absolute Gasteiger partial charge is 0.468 e. The normalized spacial score (nSPS) is 13.6. The van der Waals surface area contributed by atoms with Crippen molar-refractivity contribution in [1.29, 1.82) is 0 Å². The molecule has 0 aliphatic carbocycles. The van der Waals surface area contributed by atoms with E-state index in [0.29, 0.717) is 54.5 Å². The SMILES string of the molecule is CCC(c1nnnn1Cc1ccco1)N(Cc1ccco1)Cc1cc2cc3c(cc2[nH]c1=O)OCO3. The summed E-state index contributed by atoms with van der Waals surface area (Å²) in [6.45, 7) is 3.47. The summed E-state index contributed by atoms with van der Waals surface area (Å²) in [5, 5.41) is 13.3. The zero-order valence-electron chi connectivity index (χ0n) is 19.6. The summed E-state index contributed by atoms with van der Waals surface area (Å²) < 4.78 is 23.8. The summed E-state index contributed by atoms with van der Waals surface area (Å²) in [4.78, 5) is 18.2. The van der Waals surface area contributed by atoms with E-state index in [1.807, 2.05) is 36.4 Å². The molecule has 1 aromatic carbocycles. The first-order valence-electron chi connectivity index (χ1n) is 11.7. The van der Waals surface area contributed by atoms with Gasteiger partial charge >= 0.3 is 0 Å². The molecule has 1 N–H and O–H groups in total. The maximum Gasteiger partial charge on any atom is 0.252 e. The zero-order chi connectivity index (χ0) is 24.5. The van der Waals surface area contributed by atoms with E-state index in [0.717, 1.165) is 16.9 Å². The summed E-state index contributed by atoms with van der Waals surface area (Å²) in [5.41, 5.74) is 1.13. The van der Waals surface area contributed by atoms with Crippen LogP contribution in [0.3, 0.4) is 0 Å². The van der Waals surface area contributed by atoms with Gasteiger partial charge in [0.1, 0.15) is 18.1 Å². The average Bonchev–Trinajstić information content (AvgIpc) is 3.68. The summed E-state index contributed by atoms with van der Waals surface area (Å²) in [6, 6.07) is 12.9. The average molecular weight is 489 g/mol. The van der Waals surface area contributed by atoms with Crippen molar-refractivity contribution < 1.29 is 18.3 Å². The van der Waals surface area contributed by atoms with Gasteiger partial charge in [0.15, 0.2) is 17.3 Å². The molecule has 184 valence electrons. The van der Waals surface area contributed by atoms with Crippen molar-refractivity contribution in [3.05, 3.63) is 88.3 Å². The minimum absolute atomic E-state index is 0.171. The standard InChI is InChI=1S/C25H24N6O5/c1-2-21(24-27-28-29-31(24)14-19-6-4-8-34-19)30(13-18-5-3-7-33-18)12-17-9-16-10-22-23(36-15-35-22)11-20(16)26-25(17)32/h3-11,21H,2,12-15H2,1H3,(H,26,32). The first-order valence-corrected chi connectivity index (χ1v) is 11.7. The van der Waals surface area contributed by atoms with Crippen LogP contribution in [0.25, 0.3) is 10.9 Å². The number of benzene rings is 1. The number of nitrogens with zero attached hydrogens (tertiary/aromatic N) is 5. The highest BCUT2D eigenvalue weighted by molar-refractivity contribution is 5.83. The second-order valence-corrected chi connectivity index (χ2v) is 8.60. The van der Waals surface area contributed by atoms with Crippen molar-refractivity contribution in [3.8, 4) is 11.5 Å². The van der Waals surface area contributed by atoms with Crippen LogP contribution in [0.15, 0.2) is 68.6 Å². The molecular formula is C25H24N6O5. The van der Waals surface area contributed by atoms with E-state index in [4.69, 9.17) is 18.3 Å². The fraction of sp³-hybridized carbons (Fsp3) is 0.280. The Balaban J connectivity index is 1.36. The predicted octanol–water partition coefficient (Wildman–Crippen LogP) is 3.63. The molecule has 4 aromatic heterocycles. The third-order valence-electron chi connectivity index (χ3n) is 6.30. The van der Waals surface area contributed by atoms with Crippen LogP contribution >= 0.6 is 0 Å². The Hall–Kier alpha value is -4.38. The molecule has 11 nitrogen and oxygen atoms in total. The van der Waals surface area contributed by atoms with Crippen molar-refractivity contribution >= 4 is 10.9 Å². The monoisotopic (exact) mass is 488 g/mol. The van der Waals surface area contributed by atoms with Crippen molar-refractivity contribution in [3.63, 3.8) is 0 Å². The van der Waals surface area contributed by atoms with Crippen LogP contribution in [0.5, 0.6) is 11.5 Å². The Morgan fingerprint density at radius 3 is 2.58 bits per heavy atom. The number of hydrogen-bond donors (Lipinski definition) is 1. The molecule has 0 amide bonds. The fourth-order valence-electron chi connectivity index (χ4n) is 4.57. The van der Waals surface area contributed by atoms with Crippen LogP contribution < -0.4 is 15.0 Å². The van der Waals surface area contributed by atoms with Crippen molar-refractivity contribution in [1.82, 2.24) is 30.1 Å². The van der Waals surface area contributed by atoms with Gasteiger partial charge in [-0.3, -0.25) is 9.69 Å². The molecule has 1 atom stereocenters. The van der Waals surface area contributed by atoms with Crippen LogP contribution in [0, 0.1) is 0 Å². The Morgan fingerprint density at radius 2 is 1.83 bits per heavy atom. The van der Waals surface area contributed by atoms with Gasteiger partial charge in [-0.1, -0.05) is 6.92 Å². The number of aromatic nitrogens is 5. The highest BCUT2D eigenvalue weighted by atomic mass is 16.7. The quantitative estimate of drug-likeness (QED) is 0.331. The van der Waals surface area contributed by atoms with Gasteiger partial charge in [-0.25, -0.2) is 4.68 Å². The lowest BCUT2D eigenvalue weighted by atomic mass is 10.1. The minimum Gasteiger partial charge on any atom is -0.468 e. The van der Waals surface area contributed by atoms with E-state index >= 15 is 0 Å². The lowest BCUT2D eigenvalue weighted by Crippen LogP contribution is -2.32. The second kappa shape index (κ2) is 9.34. The molecule has 1 unspecified atom stereocenters. The number of H-pyrrole nitrogens is 1. The molecule has 0 saturated heterocycles. The van der Waals surface area contributed by atoms with E-state index in [2.05, 4.69) is 32.3 Å². The van der Waals surface area contributed by atoms with E-state index in [1.54, 1.807) is 23.3 Å². The number of nitrogens with one attached hydrogen (secondary N) is 1. The maximum atomic E-state index is 13.1. The summed E-state index contributed by atoms with van der Waals surface area (Å²) in [7, 11) is 0. The van der Waals surface area contributed by atoms with Gasteiger partial charge in [-0.2, -0.15) is 0 Å². The molecule has 1 aliphatic rings. The number of ether oxygens (including phenoxy) is 2. The highest BCUT2D eigenvalue weighted by Gasteiger charge is 2.27. The number of rotatable bonds is 9. The topological polar surface area (TPSA) is 124 Å². The molecule has 0 bridgehead atoms. The number of furan rings is 2. The lowest BCUT2D eigenvalue weighted by molar-refractivity contribution is 0.149. The molecule has 6 rings (SSSR count). The third-order valence-corrected chi connectivity index (χ3v) is 6.30. The summed E-state index contributed by atoms with van der Waals surface area (Å²) in [6.07, 6.45) is 3.97. The molecule has 11 heteroatoms. The first-order chi connectivity index (χ1) is 17.7. The van der Waals surface area contributed by atoms with Crippen molar-refractivity contribution in [2.75, 3.05) is 6.79 Å². The van der Waals surface area contributed by atoms with Gasteiger partial charge in [0, 0.05) is 23.6 Å². The smallest absolute Gasteiger partial charge is 0.252 e. The van der Waals surface area contributed by atoms with E-state index < -0.39 is 0 Å². The predicted molar refractivity (Wildman–Crippen MR) is 127 cm³/mol. The van der Waals surface area contributed by atoms with E-state index in [1.165, 1.54) is 0 Å². The van der Waals surface area contributed by atoms with Gasteiger partial charge in [-0.15, -0.1) is 5.10 Å². The van der Waals surface area contributed by atoms with E-state index in [-0.39, 0.29) is 18.4 Å². The van der Waals surface area contributed by atoms with Crippen LogP contribution in [0.1, 0.15) is 42.3 Å². The molecule has 0 fully saturated rings. The number of hydrogen-bond acceptors (Lipinski definition) is 9. The Labute approximate surface area is 205 Å². The number of aromatic amines is 1. The highest BCUT2D eigenvalue weighted by Crippen LogP contribution is 2.35. The van der Waals surface area contributed by atoms with Crippen LogP contribution in [-0.4, -0.2) is 36.9 Å². The number of fused-ring (bicyclic) bond motifs is 2. The van der Waals surface area contributed by atoms with Crippen LogP contribution in [0.4, 0.5) is 0 Å². The van der Waals surface area contributed by atoms with E-state index in [9.17, 15) is 4.79 Å². The first kappa shape index (κ1) is 22.1. The maximum absolute atomic E-state index is 13.1. The zero-order valence-corrected chi connectivity index (χ0v) is 19.6. The van der Waals surface area contributed by atoms with Crippen molar-refractivity contribution in [2.24, 2.45) is 0 Å². The lowest BCUT2D eigenvalue weighted by Gasteiger charge is -2.29. The fourth-order valence-corrected chi connectivity index (χ4v) is 4.57. The van der Waals surface area contributed by atoms with Crippen molar-refractivity contribution in [2.45, 2.75) is 39.0 Å². The third kappa shape index (κ3) is 4.24. The Morgan fingerprint density at radius 1 is 1.06 bits per heavy atom. The molecule has 5 aromatic rings. The van der Waals surface area contributed by atoms with Crippen LogP contribution in [0.2, 0.25) is 0 Å². The molecular weight excluding hydrogens is 464 g/mol. The number of pyridine rings is 1. The molecule has 5 heterocycles. The van der Waals surface area contributed by atoms with Gasteiger partial charge in [0.2, 0.25) is 6.79 Å². The molecule has 0 radical (unpaired) electrons. The van der Waals surface area contributed by atoms with Gasteiger partial charge in [-0.05, 0) is 53.2 Å². The summed E-state index contributed by atoms with van der Waals surface area (Å²) >= 11 is 0. The van der Waals surface area contributed by atoms with Gasteiger partial charge in [0.25, 0.3) is 5.56 Å². The molecule has 36 heavy (non-hydrogen) atoms. The Bertz CT molecular complexity index is 1520. The summed E-state index contributed by atoms with van der Waals surface area (Å²) in [5.74, 6) is 3.50. The molecule has 0 spiro atoms. The van der Waals surface area contributed by atoms with Gasteiger partial charge < -0.3 is 23.3 Å². The van der Waals surface area contributed by atoms with Crippen LogP contribution in [-0.2, 0) is 19.6 Å². The van der Waals surface area contributed by atoms with Gasteiger partial charge in [0.05, 0.1) is 30.6 Å². The molecule has 0 saturated carbocycles. The second-order valence-electron chi connectivity index (χ2n) is 8.60. The number of tetrazole rings is 1. The minimum atomic E-state index is -0.188. The Kier molecular flexibility index (Phi) is 5.74.